The second-order valence-corrected chi connectivity index (χ2v) is 5.70. The minimum atomic E-state index is -0.444. The molecule has 0 aliphatic heterocycles. The molecule has 1 N–H and O–H groups in total. The topological polar surface area (TPSA) is 33.1 Å². The summed E-state index contributed by atoms with van der Waals surface area (Å²) in [5, 5.41) is 11.7. The lowest BCUT2D eigenvalue weighted by Gasteiger charge is -2.07. The van der Waals surface area contributed by atoms with Crippen LogP contribution in [0.15, 0.2) is 44.9 Å². The van der Waals surface area contributed by atoms with E-state index >= 15 is 0 Å². The summed E-state index contributed by atoms with van der Waals surface area (Å²) in [4.78, 5) is 5.37. The van der Waals surface area contributed by atoms with E-state index in [4.69, 9.17) is 0 Å². The van der Waals surface area contributed by atoms with Crippen molar-refractivity contribution in [3.05, 3.63) is 41.5 Å². The third-order valence-electron chi connectivity index (χ3n) is 2.20. The Bertz CT molecular complexity index is 425. The van der Waals surface area contributed by atoms with E-state index in [1.54, 1.807) is 23.1 Å². The molecule has 2 aromatic rings. The highest BCUT2D eigenvalue weighted by Crippen LogP contribution is 2.31. The van der Waals surface area contributed by atoms with Crippen molar-refractivity contribution in [1.82, 2.24) is 4.98 Å². The first-order valence-corrected chi connectivity index (χ1v) is 6.84. The SMILES string of the molecule is CC[C@@H](O)c1ccc(Sc2cccs2)cn1. The van der Waals surface area contributed by atoms with Crippen LogP contribution in [0.2, 0.25) is 0 Å². The van der Waals surface area contributed by atoms with Crippen LogP contribution in [0.1, 0.15) is 25.1 Å². The van der Waals surface area contributed by atoms with Crippen molar-refractivity contribution in [3.63, 3.8) is 0 Å². The van der Waals surface area contributed by atoms with Gasteiger partial charge in [-0.05, 0) is 30.0 Å². The maximum absolute atomic E-state index is 9.61. The van der Waals surface area contributed by atoms with E-state index in [0.29, 0.717) is 6.42 Å². The van der Waals surface area contributed by atoms with Gasteiger partial charge in [-0.2, -0.15) is 0 Å². The Hall–Kier alpha value is -0.840. The van der Waals surface area contributed by atoms with Gasteiger partial charge < -0.3 is 5.11 Å². The smallest absolute Gasteiger partial charge is 0.0957 e. The highest BCUT2D eigenvalue weighted by Gasteiger charge is 2.06. The van der Waals surface area contributed by atoms with Crippen LogP contribution in [0.3, 0.4) is 0 Å². The van der Waals surface area contributed by atoms with Gasteiger partial charge in [0.05, 0.1) is 16.0 Å². The third kappa shape index (κ3) is 2.84. The third-order valence-corrected chi connectivity index (χ3v) is 4.22. The molecule has 0 amide bonds. The van der Waals surface area contributed by atoms with E-state index in [-0.39, 0.29) is 0 Å². The number of thiophene rings is 1. The zero-order chi connectivity index (χ0) is 11.4. The fraction of sp³-hybridized carbons (Fsp3) is 0.250. The Balaban J connectivity index is 2.07. The Labute approximate surface area is 103 Å². The Morgan fingerprint density at radius 1 is 1.44 bits per heavy atom. The fourth-order valence-corrected chi connectivity index (χ4v) is 3.01. The highest BCUT2D eigenvalue weighted by molar-refractivity contribution is 8.01. The van der Waals surface area contributed by atoms with Crippen molar-refractivity contribution >= 4 is 23.1 Å². The first kappa shape index (κ1) is 11.6. The van der Waals surface area contributed by atoms with Gasteiger partial charge in [0.25, 0.3) is 0 Å². The van der Waals surface area contributed by atoms with E-state index in [2.05, 4.69) is 16.4 Å². The highest BCUT2D eigenvalue weighted by atomic mass is 32.2. The summed E-state index contributed by atoms with van der Waals surface area (Å²) < 4.78 is 1.26. The first-order chi connectivity index (χ1) is 7.79. The number of pyridine rings is 1. The number of hydrogen-bond acceptors (Lipinski definition) is 4. The average Bonchev–Trinajstić information content (AvgIpc) is 2.82. The normalized spacial score (nSPS) is 12.6. The molecule has 0 fully saturated rings. The van der Waals surface area contributed by atoms with E-state index in [1.165, 1.54) is 4.21 Å². The van der Waals surface area contributed by atoms with Gasteiger partial charge >= 0.3 is 0 Å². The first-order valence-electron chi connectivity index (χ1n) is 5.15. The summed E-state index contributed by atoms with van der Waals surface area (Å²) >= 11 is 3.42. The Kier molecular flexibility index (Phi) is 3.98. The summed E-state index contributed by atoms with van der Waals surface area (Å²) in [5.41, 5.74) is 0.748. The number of hydrogen-bond donors (Lipinski definition) is 1. The molecule has 0 aliphatic carbocycles. The van der Waals surface area contributed by atoms with Gasteiger partial charge in [0.2, 0.25) is 0 Å². The van der Waals surface area contributed by atoms with Gasteiger partial charge in [-0.3, -0.25) is 4.98 Å². The summed E-state index contributed by atoms with van der Waals surface area (Å²) in [6.07, 6.45) is 2.07. The second-order valence-electron chi connectivity index (χ2n) is 3.38. The summed E-state index contributed by atoms with van der Waals surface area (Å²) in [7, 11) is 0. The average molecular weight is 251 g/mol. The van der Waals surface area contributed by atoms with Gasteiger partial charge in [0.1, 0.15) is 0 Å². The summed E-state index contributed by atoms with van der Waals surface area (Å²) in [5.74, 6) is 0. The monoisotopic (exact) mass is 251 g/mol. The Morgan fingerprint density at radius 2 is 2.31 bits per heavy atom. The van der Waals surface area contributed by atoms with Crippen molar-refractivity contribution < 1.29 is 5.11 Å². The molecule has 0 radical (unpaired) electrons. The lowest BCUT2D eigenvalue weighted by atomic mass is 10.2. The van der Waals surface area contributed by atoms with Crippen molar-refractivity contribution in [2.24, 2.45) is 0 Å². The fourth-order valence-electron chi connectivity index (χ4n) is 1.30. The zero-order valence-electron chi connectivity index (χ0n) is 8.96. The molecule has 0 saturated heterocycles. The number of aliphatic hydroxyl groups is 1. The molecule has 2 rings (SSSR count). The van der Waals surface area contributed by atoms with Crippen LogP contribution in [0.25, 0.3) is 0 Å². The van der Waals surface area contributed by atoms with E-state index in [0.717, 1.165) is 10.6 Å². The summed E-state index contributed by atoms with van der Waals surface area (Å²) in [6.45, 7) is 1.95. The van der Waals surface area contributed by atoms with E-state index in [1.807, 2.05) is 31.3 Å². The molecule has 2 aromatic heterocycles. The van der Waals surface area contributed by atoms with E-state index in [9.17, 15) is 5.11 Å². The lowest BCUT2D eigenvalue weighted by molar-refractivity contribution is 0.169. The van der Waals surface area contributed by atoms with Crippen LogP contribution < -0.4 is 0 Å². The van der Waals surface area contributed by atoms with Crippen LogP contribution >= 0.6 is 23.1 Å². The molecule has 84 valence electrons. The standard InChI is InChI=1S/C12H13NOS2/c1-2-11(14)10-6-5-9(8-13-10)16-12-4-3-7-15-12/h3-8,11,14H,2H2,1H3/t11-/m1/s1. The minimum Gasteiger partial charge on any atom is -0.387 e. The van der Waals surface area contributed by atoms with Crippen LogP contribution in [0.5, 0.6) is 0 Å². The molecule has 0 unspecified atom stereocenters. The predicted molar refractivity (Wildman–Crippen MR) is 67.9 cm³/mol. The maximum Gasteiger partial charge on any atom is 0.0957 e. The van der Waals surface area contributed by atoms with Crippen molar-refractivity contribution in [2.45, 2.75) is 28.6 Å². The van der Waals surface area contributed by atoms with Gasteiger partial charge in [-0.25, -0.2) is 0 Å². The molecule has 4 heteroatoms. The lowest BCUT2D eigenvalue weighted by Crippen LogP contribution is -1.97. The van der Waals surface area contributed by atoms with Crippen molar-refractivity contribution in [3.8, 4) is 0 Å². The largest absolute Gasteiger partial charge is 0.387 e. The second kappa shape index (κ2) is 5.48. The van der Waals surface area contributed by atoms with Gasteiger partial charge in [-0.15, -0.1) is 11.3 Å². The van der Waals surface area contributed by atoms with Crippen molar-refractivity contribution in [1.29, 1.82) is 0 Å². The van der Waals surface area contributed by atoms with Crippen LogP contribution in [-0.2, 0) is 0 Å². The van der Waals surface area contributed by atoms with Gasteiger partial charge in [0.15, 0.2) is 0 Å². The number of aliphatic hydroxyl groups excluding tert-OH is 1. The molecular formula is C12H13NOS2. The molecule has 1 atom stereocenters. The number of nitrogens with zero attached hydrogens (tertiary/aromatic N) is 1. The molecule has 0 spiro atoms. The zero-order valence-corrected chi connectivity index (χ0v) is 10.6. The Morgan fingerprint density at radius 3 is 2.88 bits per heavy atom. The van der Waals surface area contributed by atoms with E-state index < -0.39 is 6.10 Å². The molecule has 0 aliphatic rings. The van der Waals surface area contributed by atoms with Crippen molar-refractivity contribution in [2.75, 3.05) is 0 Å². The minimum absolute atomic E-state index is 0.444. The molecule has 2 heterocycles. The molecule has 2 nitrogen and oxygen atoms in total. The quantitative estimate of drug-likeness (QED) is 0.898. The molecule has 0 bridgehead atoms. The number of rotatable bonds is 4. The van der Waals surface area contributed by atoms with Gasteiger partial charge in [0, 0.05) is 11.1 Å². The molecule has 0 aromatic carbocycles. The number of aromatic nitrogens is 1. The van der Waals surface area contributed by atoms with Gasteiger partial charge in [-0.1, -0.05) is 24.8 Å². The summed E-state index contributed by atoms with van der Waals surface area (Å²) in [6, 6.07) is 8.02. The molecular weight excluding hydrogens is 238 g/mol. The van der Waals surface area contributed by atoms with Crippen LogP contribution in [0.4, 0.5) is 0 Å². The maximum atomic E-state index is 9.61. The molecule has 16 heavy (non-hydrogen) atoms. The predicted octanol–water partition coefficient (Wildman–Crippen LogP) is 3.74. The van der Waals surface area contributed by atoms with Crippen LogP contribution in [-0.4, -0.2) is 10.1 Å². The molecule has 0 saturated carbocycles. The van der Waals surface area contributed by atoms with Crippen LogP contribution in [0, 0.1) is 0 Å².